The van der Waals surface area contributed by atoms with Crippen molar-refractivity contribution in [2.24, 2.45) is 94.7 Å². The van der Waals surface area contributed by atoms with Gasteiger partial charge in [-0.15, -0.1) is 0 Å². The molecule has 1 unspecified atom stereocenters. The maximum atomic E-state index is 14.2. The number of phosphoric ester groups is 1. The van der Waals surface area contributed by atoms with Crippen LogP contribution in [-0.2, 0) is 51.9 Å². The Morgan fingerprint density at radius 3 is 2.00 bits per heavy atom. The number of rotatable bonds is 27. The number of imidazole rings is 1. The SMILES string of the molecule is CC1=C2NC(=CC3=N/C(=C(/C)C4=N[C@H]([C@H](CC(N)=O)[C@@]4(C)CCC(=O)NCCCOP(=O)(O)O[C@@H]4[C@@H](O)[C@H](n5cnc6cc(C)c(C)cc65)O[C@@H]4CO)[C@]4(C)N=C1[C@@H](CCC(N)=O)[C@]4(C)CC(N)=O)[C@@H](CCC(N)=O)C3(C)C)[C@@H](CCC(N)=O)[C@]2(C)CC(N)=O. The van der Waals surface area contributed by atoms with Gasteiger partial charge < -0.3 is 69.4 Å². The summed E-state index contributed by atoms with van der Waals surface area (Å²) in [6, 6.07) is 2.74. The Kier molecular flexibility index (Phi) is 19.9. The molecular formula is C62H90N13O14P. The standard InChI is InChI=1S/C62H90N13O14P/c1-30-22-39-40(23-31(30)2)75(29-70-39)57-52(84)53(41(28-76)88-57)89-90(85,86)87-21-11-20-69-49(83)18-19-59(7)37(24-46(66)80)56-62(10)61(9,27-48(68)82)36(14-17-45(65)79)51(74-62)33(4)55-60(8,26-47(67)81)34(12-15-43(63)77)38(71-55)25-42-58(5,6)35(13-16-44(64)78)50(72-42)32(3)54(59)73-56/h22-23,25,29,34-37,41,52-53,56-57,71,76,84H,11-21,24,26-28H2,1-10H3,(H2,63,77)(H2,64,78)(H2,65,79)(H2,66,80)(H2,67,81)(H2,68,82)(H,69,83)(H,85,86)/b38-25?,50-32-,55-33?/t34-,35-,36-,37+,41-,52-,53+,56-,57-,59-,60+,61+,62+/m1/s1. The number of nitrogens with two attached hydrogens (primary N) is 6. The first-order valence-electron chi connectivity index (χ1n) is 30.6. The lowest BCUT2D eigenvalue weighted by molar-refractivity contribution is -0.124. The summed E-state index contributed by atoms with van der Waals surface area (Å²) in [6.45, 7) is 17.8. The summed E-state index contributed by atoms with van der Waals surface area (Å²) in [5.74, 6) is -6.95. The molecule has 7 amide bonds. The topological polar surface area (TPSA) is 460 Å². The van der Waals surface area contributed by atoms with Gasteiger partial charge in [-0.05, 0) is 107 Å². The lowest BCUT2D eigenvalue weighted by Crippen LogP contribution is -2.56. The Morgan fingerprint density at radius 1 is 0.789 bits per heavy atom. The summed E-state index contributed by atoms with van der Waals surface area (Å²) < 4.78 is 31.7. The van der Waals surface area contributed by atoms with E-state index in [1.807, 2.05) is 87.4 Å². The van der Waals surface area contributed by atoms with Crippen molar-refractivity contribution in [1.82, 2.24) is 20.2 Å². The van der Waals surface area contributed by atoms with Crippen LogP contribution in [0.3, 0.4) is 0 Å². The monoisotopic (exact) mass is 1270 g/mol. The number of nitrogens with zero attached hydrogens (tertiary/aromatic N) is 5. The second-order valence-electron chi connectivity index (χ2n) is 26.9. The molecular weight excluding hydrogens is 1180 g/mol. The molecule has 28 heteroatoms. The van der Waals surface area contributed by atoms with Gasteiger partial charge in [0.15, 0.2) is 6.23 Å². The lowest BCUT2D eigenvalue weighted by atomic mass is 9.55. The molecule has 14 atom stereocenters. The zero-order valence-electron chi connectivity index (χ0n) is 53.1. The van der Waals surface area contributed by atoms with Crippen LogP contribution in [-0.4, -0.2) is 133 Å². The number of aliphatic imine (C=N–C) groups is 3. The van der Waals surface area contributed by atoms with E-state index in [1.54, 1.807) is 4.57 Å². The smallest absolute Gasteiger partial charge is 0.394 e. The summed E-state index contributed by atoms with van der Waals surface area (Å²) >= 11 is 0. The molecule has 7 heterocycles. The summed E-state index contributed by atoms with van der Waals surface area (Å²) in [7, 11) is -4.92. The number of hydrogen-bond acceptors (Lipinski definition) is 18. The summed E-state index contributed by atoms with van der Waals surface area (Å²) in [5.41, 5.74) is 37.6. The van der Waals surface area contributed by atoms with Crippen molar-refractivity contribution in [2.45, 2.75) is 182 Å². The Labute approximate surface area is 523 Å². The molecule has 2 aromatic rings. The van der Waals surface area contributed by atoms with E-state index in [-0.39, 0.29) is 90.2 Å². The number of aliphatic hydroxyl groups excluding tert-OH is 2. The van der Waals surface area contributed by atoms with Crippen LogP contribution in [0.15, 0.2) is 67.8 Å². The highest BCUT2D eigenvalue weighted by molar-refractivity contribution is 7.47. The number of carbonyl (C=O) groups is 7. The van der Waals surface area contributed by atoms with Gasteiger partial charge in [0, 0.05) is 131 Å². The van der Waals surface area contributed by atoms with Crippen LogP contribution in [0.5, 0.6) is 0 Å². The fourth-order valence-corrected chi connectivity index (χ4v) is 16.4. The van der Waals surface area contributed by atoms with Crippen molar-refractivity contribution in [1.29, 1.82) is 0 Å². The maximum absolute atomic E-state index is 14.2. The zero-order valence-corrected chi connectivity index (χ0v) is 54.0. The van der Waals surface area contributed by atoms with E-state index in [9.17, 15) is 53.2 Å². The fourth-order valence-electron chi connectivity index (χ4n) is 15.4. The number of carbonyl (C=O) groups excluding carboxylic acids is 7. The van der Waals surface area contributed by atoms with E-state index in [0.717, 1.165) is 11.1 Å². The Balaban J connectivity index is 1.15. The van der Waals surface area contributed by atoms with Crippen molar-refractivity contribution in [3.63, 3.8) is 0 Å². The summed E-state index contributed by atoms with van der Waals surface area (Å²) in [5, 5.41) is 28.1. The molecule has 0 spiro atoms. The number of benzene rings is 1. The lowest BCUT2D eigenvalue weighted by Gasteiger charge is -2.48. The number of hydrogen-bond donors (Lipinski definition) is 11. The molecule has 1 aromatic carbocycles. The maximum Gasteiger partial charge on any atom is 0.472 e. The first-order chi connectivity index (χ1) is 41.9. The second-order valence-corrected chi connectivity index (χ2v) is 28.3. The van der Waals surface area contributed by atoms with Crippen LogP contribution >= 0.6 is 7.82 Å². The number of aromatic nitrogens is 2. The average Bonchev–Trinajstić information content (AvgIpc) is 1.53. The highest BCUT2D eigenvalue weighted by Gasteiger charge is 2.66. The van der Waals surface area contributed by atoms with E-state index in [1.165, 1.54) is 6.33 Å². The molecule has 492 valence electrons. The van der Waals surface area contributed by atoms with E-state index in [2.05, 4.69) is 15.6 Å². The molecule has 27 nitrogen and oxygen atoms in total. The van der Waals surface area contributed by atoms with E-state index >= 15 is 0 Å². The first-order valence-corrected chi connectivity index (χ1v) is 32.1. The van der Waals surface area contributed by atoms with Gasteiger partial charge in [-0.3, -0.25) is 57.6 Å². The van der Waals surface area contributed by atoms with Crippen molar-refractivity contribution in [3.8, 4) is 0 Å². The number of aliphatic hydroxyl groups is 2. The quantitative estimate of drug-likeness (QED) is 0.0452. The highest BCUT2D eigenvalue weighted by Crippen LogP contribution is 2.62. The second kappa shape index (κ2) is 25.9. The molecule has 8 bridgehead atoms. The predicted octanol–water partition coefficient (Wildman–Crippen LogP) is 3.16. The number of fused-ring (bicyclic) bond motifs is 7. The zero-order chi connectivity index (χ0) is 66.5. The van der Waals surface area contributed by atoms with Crippen LogP contribution in [0.4, 0.5) is 0 Å². The van der Waals surface area contributed by atoms with Crippen molar-refractivity contribution in [3.05, 3.63) is 63.9 Å². The van der Waals surface area contributed by atoms with E-state index in [0.29, 0.717) is 56.4 Å². The van der Waals surface area contributed by atoms with Crippen LogP contribution in [0, 0.1) is 59.2 Å². The summed E-state index contributed by atoms with van der Waals surface area (Å²) in [4.78, 5) is 125. The third-order valence-corrected chi connectivity index (χ3v) is 21.6. The van der Waals surface area contributed by atoms with E-state index < -0.39 is 137 Å². The molecule has 90 heavy (non-hydrogen) atoms. The minimum Gasteiger partial charge on any atom is -0.394 e. The van der Waals surface area contributed by atoms with Crippen LogP contribution in [0.1, 0.15) is 150 Å². The fraction of sp³-hybridized carbons (Fsp3) is 0.629. The molecule has 0 saturated carbocycles. The predicted molar refractivity (Wildman–Crippen MR) is 334 cm³/mol. The van der Waals surface area contributed by atoms with Gasteiger partial charge in [0.2, 0.25) is 41.4 Å². The molecule has 6 aliphatic heterocycles. The van der Waals surface area contributed by atoms with Crippen molar-refractivity contribution < 1.29 is 67.0 Å². The molecule has 0 aliphatic carbocycles. The molecule has 1 aromatic heterocycles. The number of allylic oxidation sites excluding steroid dienone is 6. The normalized spacial score (nSPS) is 32.5. The van der Waals surface area contributed by atoms with Gasteiger partial charge in [-0.1, -0.05) is 34.6 Å². The number of ether oxygens (including phenoxy) is 1. The van der Waals surface area contributed by atoms with Gasteiger partial charge in [-0.2, -0.15) is 0 Å². The minimum absolute atomic E-state index is 0.0163. The van der Waals surface area contributed by atoms with Gasteiger partial charge >= 0.3 is 7.82 Å². The molecule has 17 N–H and O–H groups in total. The third kappa shape index (κ3) is 13.1. The Morgan fingerprint density at radius 2 is 1.40 bits per heavy atom. The van der Waals surface area contributed by atoms with Crippen LogP contribution in [0.2, 0.25) is 0 Å². The molecule has 0 radical (unpaired) electrons. The number of primary amides is 6. The first kappa shape index (κ1) is 68.9. The molecule has 2 saturated heterocycles. The van der Waals surface area contributed by atoms with E-state index in [4.69, 9.17) is 63.2 Å². The van der Waals surface area contributed by atoms with Crippen molar-refractivity contribution >= 4 is 77.3 Å². The Bertz CT molecular complexity index is 3520. The minimum atomic E-state index is -4.92. The number of aryl methyl sites for hydroxylation is 2. The average molecular weight is 1270 g/mol. The van der Waals surface area contributed by atoms with Gasteiger partial charge in [0.25, 0.3) is 0 Å². The van der Waals surface area contributed by atoms with Crippen LogP contribution < -0.4 is 45.0 Å². The van der Waals surface area contributed by atoms with Gasteiger partial charge in [0.1, 0.15) is 18.3 Å². The molecule has 2 fully saturated rings. The summed E-state index contributed by atoms with van der Waals surface area (Å²) in [6.07, 6.45) is -2.65. The molecule has 8 rings (SSSR count). The number of amides is 7. The number of nitrogens with one attached hydrogen (secondary N) is 2. The molecule has 6 aliphatic rings. The van der Waals surface area contributed by atoms with Crippen LogP contribution in [0.25, 0.3) is 11.0 Å². The van der Waals surface area contributed by atoms with Gasteiger partial charge in [0.05, 0.1) is 42.2 Å². The van der Waals surface area contributed by atoms with Gasteiger partial charge in [-0.25, -0.2) is 9.55 Å². The third-order valence-electron chi connectivity index (χ3n) is 20.6. The van der Waals surface area contributed by atoms with Crippen molar-refractivity contribution in [2.75, 3.05) is 19.8 Å². The highest BCUT2D eigenvalue weighted by atomic mass is 31.2. The largest absolute Gasteiger partial charge is 0.472 e. The Hall–Kier alpha value is -7.00. The number of phosphoric acid groups is 1.